The summed E-state index contributed by atoms with van der Waals surface area (Å²) in [5.41, 5.74) is 8.42. The maximum absolute atomic E-state index is 6.90. The van der Waals surface area contributed by atoms with Crippen LogP contribution in [0.4, 0.5) is 0 Å². The minimum absolute atomic E-state index is 0.0469. The van der Waals surface area contributed by atoms with Gasteiger partial charge in [0, 0.05) is 48.6 Å². The highest BCUT2D eigenvalue weighted by Crippen LogP contribution is 2.53. The SMILES string of the molecule is CN=C/C(=C\N)CN1CCC2(CC1)OC1CCCCC1c1cc(C)sc12. The molecule has 4 nitrogen and oxygen atoms in total. The standard InChI is InChI=1S/C21H31N3OS/c1-15-11-18-17-5-3-4-6-19(17)25-21(20(18)26-15)7-9-24(10-8-21)14-16(12-22)13-23-2/h11-13,17,19H,3-10,14,22H2,1-2H3/b16-12+,23-13?. The van der Waals surface area contributed by atoms with Crippen molar-refractivity contribution in [3.63, 3.8) is 0 Å². The van der Waals surface area contributed by atoms with Crippen LogP contribution in [-0.2, 0) is 10.3 Å². The van der Waals surface area contributed by atoms with E-state index in [1.165, 1.54) is 30.6 Å². The smallest absolute Gasteiger partial charge is 0.105 e. The van der Waals surface area contributed by atoms with Gasteiger partial charge in [0.25, 0.3) is 0 Å². The Morgan fingerprint density at radius 1 is 1.38 bits per heavy atom. The first-order valence-corrected chi connectivity index (χ1v) is 10.8. The molecule has 3 aliphatic rings. The van der Waals surface area contributed by atoms with Gasteiger partial charge in [0.1, 0.15) is 5.60 Å². The number of hydrogen-bond donors (Lipinski definition) is 1. The van der Waals surface area contributed by atoms with E-state index in [4.69, 9.17) is 10.5 Å². The topological polar surface area (TPSA) is 50.8 Å². The summed E-state index contributed by atoms with van der Waals surface area (Å²) in [4.78, 5) is 9.59. The zero-order valence-electron chi connectivity index (χ0n) is 16.0. The number of aryl methyl sites for hydroxylation is 1. The average Bonchev–Trinajstić information content (AvgIpc) is 3.06. The van der Waals surface area contributed by atoms with Crippen molar-refractivity contribution in [3.8, 4) is 0 Å². The zero-order valence-corrected chi connectivity index (χ0v) is 16.9. The molecule has 0 aromatic carbocycles. The van der Waals surface area contributed by atoms with Gasteiger partial charge in [-0.2, -0.15) is 0 Å². The Bertz CT molecular complexity index is 700. The molecule has 1 saturated heterocycles. The van der Waals surface area contributed by atoms with Crippen molar-refractivity contribution in [2.45, 2.75) is 63.1 Å². The molecule has 0 radical (unpaired) electrons. The normalized spacial score (nSPS) is 29.1. The molecule has 1 aromatic rings. The summed E-state index contributed by atoms with van der Waals surface area (Å²) < 4.78 is 6.90. The van der Waals surface area contributed by atoms with Gasteiger partial charge >= 0.3 is 0 Å². The molecule has 5 heteroatoms. The summed E-state index contributed by atoms with van der Waals surface area (Å²) in [5, 5.41) is 0. The van der Waals surface area contributed by atoms with E-state index in [-0.39, 0.29) is 5.60 Å². The number of thiophene rings is 1. The minimum atomic E-state index is -0.0469. The Morgan fingerprint density at radius 3 is 2.88 bits per heavy atom. The number of rotatable bonds is 3. The number of likely N-dealkylation sites (tertiary alicyclic amines) is 1. The second-order valence-corrected chi connectivity index (χ2v) is 9.34. The Labute approximate surface area is 161 Å². The Balaban J connectivity index is 1.54. The van der Waals surface area contributed by atoms with Gasteiger partial charge in [-0.3, -0.25) is 9.89 Å². The van der Waals surface area contributed by atoms with Crippen molar-refractivity contribution < 1.29 is 4.74 Å². The lowest BCUT2D eigenvalue weighted by Gasteiger charge is -2.50. The van der Waals surface area contributed by atoms with Crippen LogP contribution in [0.2, 0.25) is 0 Å². The van der Waals surface area contributed by atoms with E-state index in [1.54, 1.807) is 23.7 Å². The molecule has 26 heavy (non-hydrogen) atoms. The Hall–Kier alpha value is -1.17. The molecule has 142 valence electrons. The lowest BCUT2D eigenvalue weighted by atomic mass is 9.74. The van der Waals surface area contributed by atoms with Crippen LogP contribution in [-0.4, -0.2) is 43.9 Å². The molecule has 2 fully saturated rings. The summed E-state index contributed by atoms with van der Waals surface area (Å²) in [6.45, 7) is 5.25. The third-order valence-corrected chi connectivity index (χ3v) is 7.61. The molecule has 0 bridgehead atoms. The molecule has 0 amide bonds. The number of ether oxygens (including phenoxy) is 1. The monoisotopic (exact) mass is 373 g/mol. The summed E-state index contributed by atoms with van der Waals surface area (Å²) in [5.74, 6) is 0.639. The fourth-order valence-electron chi connectivity index (χ4n) is 5.08. The zero-order chi connectivity index (χ0) is 18.1. The number of aliphatic imine (C=N–C) groups is 1. The summed E-state index contributed by atoms with van der Waals surface area (Å²) in [7, 11) is 1.80. The van der Waals surface area contributed by atoms with E-state index in [0.717, 1.165) is 38.0 Å². The molecule has 2 atom stereocenters. The molecule has 1 spiro atoms. The van der Waals surface area contributed by atoms with Crippen molar-refractivity contribution in [2.75, 3.05) is 26.7 Å². The van der Waals surface area contributed by atoms with Crippen molar-refractivity contribution in [1.82, 2.24) is 4.90 Å². The van der Waals surface area contributed by atoms with Crippen LogP contribution in [0.3, 0.4) is 0 Å². The van der Waals surface area contributed by atoms with Crippen molar-refractivity contribution in [2.24, 2.45) is 10.7 Å². The quantitative estimate of drug-likeness (QED) is 0.816. The largest absolute Gasteiger partial charge is 0.404 e. The van der Waals surface area contributed by atoms with Gasteiger partial charge < -0.3 is 10.5 Å². The fraction of sp³-hybridized carbons (Fsp3) is 0.667. The molecule has 3 heterocycles. The fourth-order valence-corrected chi connectivity index (χ4v) is 6.35. The van der Waals surface area contributed by atoms with Crippen molar-refractivity contribution >= 4 is 17.6 Å². The molecule has 2 unspecified atom stereocenters. The molecule has 2 aliphatic heterocycles. The maximum Gasteiger partial charge on any atom is 0.105 e. The highest BCUT2D eigenvalue weighted by molar-refractivity contribution is 7.12. The first-order valence-electron chi connectivity index (χ1n) is 9.99. The lowest BCUT2D eigenvalue weighted by Crippen LogP contribution is -2.50. The van der Waals surface area contributed by atoms with Crippen LogP contribution in [0.5, 0.6) is 0 Å². The van der Waals surface area contributed by atoms with Crippen LogP contribution in [0.25, 0.3) is 0 Å². The van der Waals surface area contributed by atoms with Crippen LogP contribution >= 0.6 is 11.3 Å². The molecule has 1 saturated carbocycles. The maximum atomic E-state index is 6.90. The predicted molar refractivity (Wildman–Crippen MR) is 109 cm³/mol. The Morgan fingerprint density at radius 2 is 2.15 bits per heavy atom. The van der Waals surface area contributed by atoms with E-state index in [0.29, 0.717) is 12.0 Å². The average molecular weight is 374 g/mol. The van der Waals surface area contributed by atoms with Gasteiger partial charge in [0.15, 0.2) is 0 Å². The molecule has 1 aliphatic carbocycles. The van der Waals surface area contributed by atoms with Gasteiger partial charge in [-0.1, -0.05) is 12.8 Å². The third kappa shape index (κ3) is 3.25. The number of piperidine rings is 1. The van der Waals surface area contributed by atoms with Crippen LogP contribution in [0.1, 0.15) is 59.8 Å². The number of nitrogens with two attached hydrogens (primary N) is 1. The van der Waals surface area contributed by atoms with E-state index >= 15 is 0 Å². The first kappa shape index (κ1) is 18.2. The first-order chi connectivity index (χ1) is 12.6. The summed E-state index contributed by atoms with van der Waals surface area (Å²) in [6, 6.07) is 2.46. The van der Waals surface area contributed by atoms with E-state index in [2.05, 4.69) is 22.9 Å². The summed E-state index contributed by atoms with van der Waals surface area (Å²) in [6.07, 6.45) is 11.4. The number of nitrogens with zero attached hydrogens (tertiary/aromatic N) is 2. The van der Waals surface area contributed by atoms with Gasteiger partial charge in [-0.25, -0.2) is 0 Å². The van der Waals surface area contributed by atoms with E-state index < -0.39 is 0 Å². The molecule has 1 aromatic heterocycles. The second kappa shape index (κ2) is 7.45. The highest BCUT2D eigenvalue weighted by atomic mass is 32.1. The predicted octanol–water partition coefficient (Wildman–Crippen LogP) is 3.95. The third-order valence-electron chi connectivity index (χ3n) is 6.36. The summed E-state index contributed by atoms with van der Waals surface area (Å²) >= 11 is 1.98. The van der Waals surface area contributed by atoms with Gasteiger partial charge in [0.05, 0.1) is 6.10 Å². The van der Waals surface area contributed by atoms with Gasteiger partial charge in [-0.15, -0.1) is 11.3 Å². The molecular weight excluding hydrogens is 342 g/mol. The van der Waals surface area contributed by atoms with Crippen LogP contribution in [0, 0.1) is 6.92 Å². The number of fused-ring (bicyclic) bond motifs is 4. The minimum Gasteiger partial charge on any atom is -0.404 e. The second-order valence-electron chi connectivity index (χ2n) is 8.09. The highest BCUT2D eigenvalue weighted by Gasteiger charge is 2.48. The Kier molecular flexibility index (Phi) is 5.22. The number of hydrogen-bond acceptors (Lipinski definition) is 5. The van der Waals surface area contributed by atoms with Gasteiger partial charge in [0.2, 0.25) is 0 Å². The van der Waals surface area contributed by atoms with Crippen molar-refractivity contribution in [3.05, 3.63) is 33.2 Å². The van der Waals surface area contributed by atoms with Gasteiger partial charge in [-0.05, 0) is 56.0 Å². The molecule has 4 rings (SSSR count). The van der Waals surface area contributed by atoms with Crippen LogP contribution < -0.4 is 5.73 Å². The lowest BCUT2D eigenvalue weighted by molar-refractivity contribution is -0.154. The van der Waals surface area contributed by atoms with Crippen molar-refractivity contribution in [1.29, 1.82) is 0 Å². The van der Waals surface area contributed by atoms with Crippen LogP contribution in [0.15, 0.2) is 22.8 Å². The van der Waals surface area contributed by atoms with E-state index in [1.807, 2.05) is 17.6 Å². The molecular formula is C21H31N3OS. The molecule has 2 N–H and O–H groups in total. The van der Waals surface area contributed by atoms with E-state index in [9.17, 15) is 0 Å².